The predicted octanol–water partition coefficient (Wildman–Crippen LogP) is 2.47. The van der Waals surface area contributed by atoms with E-state index in [-0.39, 0.29) is 0 Å². The number of methoxy groups -OCH3 is 1. The van der Waals surface area contributed by atoms with Crippen LogP contribution in [0.5, 0.6) is 0 Å². The highest BCUT2D eigenvalue weighted by atomic mass is 16.7. The Morgan fingerprint density at radius 2 is 1.64 bits per heavy atom. The van der Waals surface area contributed by atoms with E-state index in [1.165, 1.54) is 0 Å². The summed E-state index contributed by atoms with van der Waals surface area (Å²) in [6, 6.07) is 0. The van der Waals surface area contributed by atoms with Crippen LogP contribution < -0.4 is 0 Å². The van der Waals surface area contributed by atoms with Gasteiger partial charge in [0.1, 0.15) is 11.4 Å². The molecule has 0 bridgehead atoms. The van der Waals surface area contributed by atoms with Crippen molar-refractivity contribution < 1.29 is 14.2 Å². The van der Waals surface area contributed by atoms with Gasteiger partial charge in [0.25, 0.3) is 0 Å². The molecule has 0 aromatic heterocycles. The van der Waals surface area contributed by atoms with Crippen LogP contribution in [-0.4, -0.2) is 24.1 Å². The van der Waals surface area contributed by atoms with Gasteiger partial charge in [-0.2, -0.15) is 0 Å². The van der Waals surface area contributed by atoms with Crippen LogP contribution in [-0.2, 0) is 14.2 Å². The van der Waals surface area contributed by atoms with Gasteiger partial charge in [-0.1, -0.05) is 6.58 Å². The summed E-state index contributed by atoms with van der Waals surface area (Å²) in [5, 5.41) is 0. The van der Waals surface area contributed by atoms with Gasteiger partial charge in [0.05, 0.1) is 0 Å². The third-order valence-corrected chi connectivity index (χ3v) is 2.98. The minimum Gasteiger partial charge on any atom is -0.484 e. The van der Waals surface area contributed by atoms with Gasteiger partial charge in [-0.25, -0.2) is 0 Å². The maximum absolute atomic E-state index is 5.89. The van der Waals surface area contributed by atoms with Crippen molar-refractivity contribution in [2.45, 2.75) is 51.6 Å². The van der Waals surface area contributed by atoms with Crippen molar-refractivity contribution in [3.63, 3.8) is 0 Å². The van der Waals surface area contributed by atoms with E-state index in [0.29, 0.717) is 5.76 Å². The zero-order valence-corrected chi connectivity index (χ0v) is 9.93. The number of ether oxygens (including phenoxy) is 3. The fourth-order valence-electron chi connectivity index (χ4n) is 1.48. The first-order valence-corrected chi connectivity index (χ1v) is 4.78. The maximum atomic E-state index is 5.89. The second kappa shape index (κ2) is 2.97. The Kier molecular flexibility index (Phi) is 2.45. The van der Waals surface area contributed by atoms with Crippen LogP contribution in [0.1, 0.15) is 34.6 Å². The average Bonchev–Trinajstić information content (AvgIpc) is 2.00. The highest BCUT2D eigenvalue weighted by molar-refractivity contribution is 5.10. The highest BCUT2D eigenvalue weighted by Crippen LogP contribution is 2.43. The first-order valence-electron chi connectivity index (χ1n) is 4.78. The second-order valence-electron chi connectivity index (χ2n) is 4.80. The molecule has 0 aromatic rings. The monoisotopic (exact) mass is 200 g/mol. The van der Waals surface area contributed by atoms with Gasteiger partial charge in [0.2, 0.25) is 5.79 Å². The molecule has 1 unspecified atom stereocenters. The summed E-state index contributed by atoms with van der Waals surface area (Å²) in [7, 11) is 1.62. The molecule has 1 aliphatic heterocycles. The topological polar surface area (TPSA) is 27.7 Å². The lowest BCUT2D eigenvalue weighted by molar-refractivity contribution is -0.361. The van der Waals surface area contributed by atoms with Crippen molar-refractivity contribution in [3.8, 4) is 0 Å². The zero-order chi connectivity index (χ0) is 11.2. The lowest BCUT2D eigenvalue weighted by Gasteiger charge is -2.52. The molecule has 1 fully saturated rings. The predicted molar refractivity (Wildman–Crippen MR) is 54.9 cm³/mol. The summed E-state index contributed by atoms with van der Waals surface area (Å²) >= 11 is 0. The molecule has 3 heteroatoms. The second-order valence-corrected chi connectivity index (χ2v) is 4.80. The largest absolute Gasteiger partial charge is 0.484 e. The van der Waals surface area contributed by atoms with Crippen LogP contribution in [0.4, 0.5) is 0 Å². The Morgan fingerprint density at radius 1 is 1.14 bits per heavy atom. The first kappa shape index (κ1) is 11.5. The molecule has 0 aromatic carbocycles. The Bertz CT molecular complexity index is 255. The summed E-state index contributed by atoms with van der Waals surface area (Å²) in [5.41, 5.74) is -1.05. The fourth-order valence-corrected chi connectivity index (χ4v) is 1.48. The van der Waals surface area contributed by atoms with E-state index in [1.54, 1.807) is 7.11 Å². The van der Waals surface area contributed by atoms with E-state index in [4.69, 9.17) is 14.2 Å². The highest BCUT2D eigenvalue weighted by Gasteiger charge is 2.54. The SMILES string of the molecule is C=C1OC(C)(C)C(C)(OC)OC1(C)C. The van der Waals surface area contributed by atoms with Gasteiger partial charge in [0.15, 0.2) is 5.60 Å². The van der Waals surface area contributed by atoms with Crippen molar-refractivity contribution in [1.82, 2.24) is 0 Å². The molecule has 1 aliphatic rings. The lowest BCUT2D eigenvalue weighted by Crippen LogP contribution is -2.61. The third-order valence-electron chi connectivity index (χ3n) is 2.98. The Morgan fingerprint density at radius 3 is 2.07 bits per heavy atom. The minimum atomic E-state index is -0.752. The summed E-state index contributed by atoms with van der Waals surface area (Å²) < 4.78 is 17.0. The Labute approximate surface area is 86.0 Å². The first-order chi connectivity index (χ1) is 6.15. The van der Waals surface area contributed by atoms with Crippen LogP contribution in [0, 0.1) is 0 Å². The van der Waals surface area contributed by atoms with Crippen molar-refractivity contribution >= 4 is 0 Å². The summed E-state index contributed by atoms with van der Waals surface area (Å²) in [5.74, 6) is -0.116. The summed E-state index contributed by atoms with van der Waals surface area (Å²) in [6.45, 7) is 13.4. The quantitative estimate of drug-likeness (QED) is 0.650. The molecule has 0 spiro atoms. The molecule has 0 saturated carbocycles. The summed E-state index contributed by atoms with van der Waals surface area (Å²) in [4.78, 5) is 0. The zero-order valence-electron chi connectivity index (χ0n) is 9.93. The van der Waals surface area contributed by atoms with E-state index in [1.807, 2.05) is 34.6 Å². The molecule has 1 heterocycles. The van der Waals surface area contributed by atoms with E-state index < -0.39 is 17.0 Å². The minimum absolute atomic E-state index is 0.514. The van der Waals surface area contributed by atoms with Gasteiger partial charge in [-0.3, -0.25) is 0 Å². The summed E-state index contributed by atoms with van der Waals surface area (Å²) in [6.07, 6.45) is 0. The van der Waals surface area contributed by atoms with Crippen molar-refractivity contribution in [1.29, 1.82) is 0 Å². The molecular formula is C11H20O3. The van der Waals surface area contributed by atoms with Crippen molar-refractivity contribution in [2.24, 2.45) is 0 Å². The van der Waals surface area contributed by atoms with E-state index in [2.05, 4.69) is 6.58 Å². The van der Waals surface area contributed by atoms with E-state index in [9.17, 15) is 0 Å². The molecule has 14 heavy (non-hydrogen) atoms. The fraction of sp³-hybridized carbons (Fsp3) is 0.818. The Hall–Kier alpha value is -0.540. The smallest absolute Gasteiger partial charge is 0.205 e. The van der Waals surface area contributed by atoms with Crippen LogP contribution in [0.3, 0.4) is 0 Å². The van der Waals surface area contributed by atoms with Crippen LogP contribution in [0.15, 0.2) is 12.3 Å². The molecule has 0 aliphatic carbocycles. The molecule has 1 atom stereocenters. The van der Waals surface area contributed by atoms with Gasteiger partial charge in [0, 0.05) is 7.11 Å². The molecule has 0 radical (unpaired) electrons. The average molecular weight is 200 g/mol. The molecule has 1 saturated heterocycles. The normalized spacial score (nSPS) is 35.1. The third kappa shape index (κ3) is 1.55. The van der Waals surface area contributed by atoms with Gasteiger partial charge in [-0.05, 0) is 34.6 Å². The number of hydrogen-bond donors (Lipinski definition) is 0. The molecular weight excluding hydrogens is 180 g/mol. The molecule has 0 amide bonds. The number of rotatable bonds is 1. The van der Waals surface area contributed by atoms with Gasteiger partial charge >= 0.3 is 0 Å². The molecule has 82 valence electrons. The Balaban J connectivity index is 3.04. The van der Waals surface area contributed by atoms with Crippen molar-refractivity contribution in [3.05, 3.63) is 12.3 Å². The van der Waals surface area contributed by atoms with Crippen molar-refractivity contribution in [2.75, 3.05) is 7.11 Å². The maximum Gasteiger partial charge on any atom is 0.205 e. The molecule has 0 N–H and O–H groups in total. The standard InChI is InChI=1S/C11H20O3/c1-8-9(2,3)14-11(6,12-7)10(4,5)13-8/h1H2,2-7H3. The van der Waals surface area contributed by atoms with E-state index >= 15 is 0 Å². The van der Waals surface area contributed by atoms with Crippen LogP contribution in [0.2, 0.25) is 0 Å². The van der Waals surface area contributed by atoms with Crippen LogP contribution >= 0.6 is 0 Å². The van der Waals surface area contributed by atoms with Gasteiger partial charge < -0.3 is 14.2 Å². The number of hydrogen-bond acceptors (Lipinski definition) is 3. The van der Waals surface area contributed by atoms with E-state index in [0.717, 1.165) is 0 Å². The molecule has 3 nitrogen and oxygen atoms in total. The van der Waals surface area contributed by atoms with Gasteiger partial charge in [-0.15, -0.1) is 0 Å². The molecule has 1 rings (SSSR count). The van der Waals surface area contributed by atoms with Crippen LogP contribution in [0.25, 0.3) is 0 Å². The lowest BCUT2D eigenvalue weighted by atomic mass is 9.93.